The normalized spacial score (nSPS) is 12.8. The van der Waals surface area contributed by atoms with Gasteiger partial charge in [0.05, 0.1) is 14.2 Å². The number of nitrogens with one attached hydrogen (secondary N) is 1. The van der Waals surface area contributed by atoms with Crippen LogP contribution < -0.4 is 5.32 Å². The van der Waals surface area contributed by atoms with E-state index < -0.39 is 58.9 Å². The first-order chi connectivity index (χ1) is 12.1. The Morgan fingerprint density at radius 1 is 1.00 bits per heavy atom. The lowest BCUT2D eigenvalue weighted by molar-refractivity contribution is -0.162. The summed E-state index contributed by atoms with van der Waals surface area (Å²) in [7, 11) is 1.99. The van der Waals surface area contributed by atoms with Gasteiger partial charge in [0.15, 0.2) is 5.92 Å². The molecule has 0 heterocycles. The number of carboxylic acid groups (broad SMARTS) is 1. The number of amides is 1. The zero-order chi connectivity index (χ0) is 20.0. The summed E-state index contributed by atoms with van der Waals surface area (Å²) in [6, 6.07) is 0.218. The number of halogens is 2. The quantitative estimate of drug-likeness (QED) is 0.535. The van der Waals surface area contributed by atoms with Crippen LogP contribution in [0.5, 0.6) is 0 Å². The van der Waals surface area contributed by atoms with Crippen LogP contribution in [0.15, 0.2) is 18.2 Å². The summed E-state index contributed by atoms with van der Waals surface area (Å²) >= 11 is 0. The smallest absolute Gasteiger partial charge is 0.326 e. The van der Waals surface area contributed by atoms with Crippen molar-refractivity contribution in [3.05, 3.63) is 35.4 Å². The number of rotatable bonds is 7. The van der Waals surface area contributed by atoms with Crippen molar-refractivity contribution in [2.24, 2.45) is 11.8 Å². The van der Waals surface area contributed by atoms with Crippen molar-refractivity contribution in [2.45, 2.75) is 13.0 Å². The molecule has 1 rings (SSSR count). The Morgan fingerprint density at radius 2 is 1.46 bits per heavy atom. The Labute approximate surface area is 147 Å². The minimum Gasteiger partial charge on any atom is -0.480 e. The molecule has 0 radical (unpaired) electrons. The summed E-state index contributed by atoms with van der Waals surface area (Å²) in [6.07, 6.45) is 0. The van der Waals surface area contributed by atoms with Crippen LogP contribution in [-0.2, 0) is 23.9 Å². The van der Waals surface area contributed by atoms with Gasteiger partial charge in [-0.15, -0.1) is 0 Å². The largest absolute Gasteiger partial charge is 0.480 e. The zero-order valence-corrected chi connectivity index (χ0v) is 14.1. The summed E-state index contributed by atoms with van der Waals surface area (Å²) in [5, 5.41) is 11.4. The number of benzene rings is 1. The molecule has 0 aliphatic rings. The van der Waals surface area contributed by atoms with E-state index in [-0.39, 0.29) is 0 Å². The number of aliphatic carboxylic acids is 1. The lowest BCUT2D eigenvalue weighted by atomic mass is 9.87. The van der Waals surface area contributed by atoms with Gasteiger partial charge in [-0.3, -0.25) is 14.4 Å². The second kappa shape index (κ2) is 8.88. The highest BCUT2D eigenvalue weighted by molar-refractivity contribution is 5.98. The van der Waals surface area contributed by atoms with Crippen molar-refractivity contribution < 1.29 is 42.5 Å². The Kier molecular flexibility index (Phi) is 7.17. The molecule has 0 saturated heterocycles. The van der Waals surface area contributed by atoms with Crippen molar-refractivity contribution in [3.8, 4) is 0 Å². The fraction of sp³-hybridized carbons (Fsp3) is 0.375. The molecule has 0 bridgehead atoms. The number of carboxylic acids is 1. The van der Waals surface area contributed by atoms with E-state index in [2.05, 4.69) is 9.47 Å². The first-order valence-corrected chi connectivity index (χ1v) is 7.27. The van der Waals surface area contributed by atoms with Gasteiger partial charge >= 0.3 is 17.9 Å². The molecule has 0 spiro atoms. The first kappa shape index (κ1) is 21.0. The predicted octanol–water partition coefficient (Wildman–Crippen LogP) is 0.746. The molecule has 0 fully saturated rings. The van der Waals surface area contributed by atoms with E-state index in [1.165, 1.54) is 6.92 Å². The number of ether oxygens (including phenoxy) is 2. The zero-order valence-electron chi connectivity index (χ0n) is 14.1. The van der Waals surface area contributed by atoms with Crippen molar-refractivity contribution in [1.29, 1.82) is 0 Å². The molecule has 0 saturated carbocycles. The van der Waals surface area contributed by atoms with Crippen molar-refractivity contribution in [2.75, 3.05) is 14.2 Å². The van der Waals surface area contributed by atoms with Crippen LogP contribution in [0.2, 0.25) is 0 Å². The summed E-state index contributed by atoms with van der Waals surface area (Å²) in [5.74, 6) is -9.75. The van der Waals surface area contributed by atoms with Gasteiger partial charge in [0.2, 0.25) is 0 Å². The third kappa shape index (κ3) is 4.98. The van der Waals surface area contributed by atoms with Crippen LogP contribution in [0.3, 0.4) is 0 Å². The molecule has 1 amide bonds. The molecule has 0 aliphatic heterocycles. The Hall–Kier alpha value is -3.04. The SMILES string of the molecule is COC(=O)C(C(=O)OC)[C@H](C)[C@@H](NC(=O)c1cc(F)cc(F)c1)C(=O)O. The fourth-order valence-corrected chi connectivity index (χ4v) is 2.30. The van der Waals surface area contributed by atoms with Gasteiger partial charge in [0, 0.05) is 17.5 Å². The van der Waals surface area contributed by atoms with Crippen LogP contribution in [0.1, 0.15) is 17.3 Å². The monoisotopic (exact) mass is 373 g/mol. The van der Waals surface area contributed by atoms with E-state index in [9.17, 15) is 33.1 Å². The maximum absolute atomic E-state index is 13.2. The number of carbonyl (C=O) groups is 4. The van der Waals surface area contributed by atoms with Gasteiger partial charge in [-0.1, -0.05) is 6.92 Å². The Balaban J connectivity index is 3.13. The second-order valence-electron chi connectivity index (χ2n) is 5.33. The molecule has 0 aliphatic carbocycles. The Morgan fingerprint density at radius 3 is 1.85 bits per heavy atom. The number of hydrogen-bond acceptors (Lipinski definition) is 6. The van der Waals surface area contributed by atoms with Gasteiger partial charge in [0.1, 0.15) is 17.7 Å². The molecule has 2 N–H and O–H groups in total. The van der Waals surface area contributed by atoms with E-state index >= 15 is 0 Å². The van der Waals surface area contributed by atoms with E-state index in [1.807, 2.05) is 5.32 Å². The summed E-state index contributed by atoms with van der Waals surface area (Å²) in [6.45, 7) is 1.21. The molecule has 8 nitrogen and oxygen atoms in total. The lowest BCUT2D eigenvalue weighted by Crippen LogP contribution is -2.50. The molecular weight excluding hydrogens is 356 g/mol. The highest BCUT2D eigenvalue weighted by atomic mass is 19.1. The van der Waals surface area contributed by atoms with Crippen LogP contribution >= 0.6 is 0 Å². The Bertz CT molecular complexity index is 686. The highest BCUT2D eigenvalue weighted by Crippen LogP contribution is 2.20. The molecule has 10 heteroatoms. The topological polar surface area (TPSA) is 119 Å². The van der Waals surface area contributed by atoms with Crippen LogP contribution in [0, 0.1) is 23.5 Å². The fourth-order valence-electron chi connectivity index (χ4n) is 2.30. The van der Waals surface area contributed by atoms with Crippen LogP contribution in [0.25, 0.3) is 0 Å². The lowest BCUT2D eigenvalue weighted by Gasteiger charge is -2.26. The summed E-state index contributed by atoms with van der Waals surface area (Å²) in [5.41, 5.74) is -0.464. The molecule has 142 valence electrons. The molecule has 2 atom stereocenters. The van der Waals surface area contributed by atoms with Gasteiger partial charge in [-0.25, -0.2) is 13.6 Å². The van der Waals surface area contributed by atoms with Crippen LogP contribution in [0.4, 0.5) is 8.78 Å². The van der Waals surface area contributed by atoms with Gasteiger partial charge in [-0.05, 0) is 12.1 Å². The number of hydrogen-bond donors (Lipinski definition) is 2. The number of esters is 2. The third-order valence-corrected chi connectivity index (χ3v) is 3.64. The van der Waals surface area contributed by atoms with E-state index in [0.717, 1.165) is 14.2 Å². The number of methoxy groups -OCH3 is 2. The summed E-state index contributed by atoms with van der Waals surface area (Å²) < 4.78 is 35.4. The standard InChI is InChI=1S/C16H17F2NO7/c1-7(11(15(23)25-2)16(24)26-3)12(14(21)22)19-13(20)8-4-9(17)6-10(18)5-8/h4-7,11-12H,1-3H3,(H,19,20)(H,21,22)/t7-,12+/m0/s1. The minimum absolute atomic E-state index is 0.464. The van der Waals surface area contributed by atoms with Crippen LogP contribution in [-0.4, -0.2) is 49.2 Å². The maximum atomic E-state index is 13.2. The van der Waals surface area contributed by atoms with E-state index in [4.69, 9.17) is 0 Å². The molecule has 1 aromatic rings. The molecule has 0 unspecified atom stereocenters. The second-order valence-corrected chi connectivity index (χ2v) is 5.33. The summed E-state index contributed by atoms with van der Waals surface area (Å²) in [4.78, 5) is 47.2. The number of carbonyl (C=O) groups excluding carboxylic acids is 3. The minimum atomic E-state index is -1.74. The molecule has 1 aromatic carbocycles. The molecule has 26 heavy (non-hydrogen) atoms. The van der Waals surface area contributed by atoms with Gasteiger partial charge < -0.3 is 19.9 Å². The van der Waals surface area contributed by atoms with E-state index in [1.54, 1.807) is 0 Å². The van der Waals surface area contributed by atoms with Gasteiger partial charge in [0.25, 0.3) is 5.91 Å². The molecule has 0 aromatic heterocycles. The van der Waals surface area contributed by atoms with Crippen molar-refractivity contribution in [1.82, 2.24) is 5.32 Å². The van der Waals surface area contributed by atoms with Crippen molar-refractivity contribution >= 4 is 23.8 Å². The van der Waals surface area contributed by atoms with Crippen molar-refractivity contribution in [3.63, 3.8) is 0 Å². The van der Waals surface area contributed by atoms with E-state index in [0.29, 0.717) is 18.2 Å². The first-order valence-electron chi connectivity index (χ1n) is 7.27. The molecular formula is C16H17F2NO7. The highest BCUT2D eigenvalue weighted by Gasteiger charge is 2.42. The van der Waals surface area contributed by atoms with Gasteiger partial charge in [-0.2, -0.15) is 0 Å². The average Bonchev–Trinajstić information content (AvgIpc) is 2.57. The predicted molar refractivity (Wildman–Crippen MR) is 81.9 cm³/mol. The average molecular weight is 373 g/mol. The third-order valence-electron chi connectivity index (χ3n) is 3.64. The maximum Gasteiger partial charge on any atom is 0.326 e.